The predicted molar refractivity (Wildman–Crippen MR) is 50.4 cm³/mol. The van der Waals surface area contributed by atoms with E-state index in [-0.39, 0.29) is 17.9 Å². The molecular formula is C9H13NO4. The zero-order valence-electron chi connectivity index (χ0n) is 8.38. The molecule has 0 spiro atoms. The van der Waals surface area contributed by atoms with Gasteiger partial charge in [-0.15, -0.1) is 0 Å². The summed E-state index contributed by atoms with van der Waals surface area (Å²) in [5, 5.41) is 16.4. The monoisotopic (exact) mass is 199 g/mol. The third-order valence-electron chi connectivity index (χ3n) is 1.44. The second-order valence-corrected chi connectivity index (χ2v) is 2.61. The first kappa shape index (κ1) is 12.3. The number of aliphatic hydroxyl groups is 1. The molecule has 0 aliphatic heterocycles. The minimum absolute atomic E-state index is 0.122. The maximum Gasteiger partial charge on any atom is 0.357 e. The number of hydrogen-bond donors (Lipinski definition) is 2. The van der Waals surface area contributed by atoms with E-state index in [1.807, 2.05) is 0 Å². The van der Waals surface area contributed by atoms with Crippen molar-refractivity contribution in [1.82, 2.24) is 0 Å². The number of ketones is 1. The highest BCUT2D eigenvalue weighted by atomic mass is 16.5. The molecule has 0 aromatic carbocycles. The molecule has 0 fully saturated rings. The van der Waals surface area contributed by atoms with Crippen LogP contribution in [0, 0.1) is 5.41 Å². The number of ether oxygens (including phenoxy) is 1. The van der Waals surface area contributed by atoms with Gasteiger partial charge in [0, 0.05) is 0 Å². The number of Topliss-reactive ketones (excluding diaryl/α,β-unsaturated/α-hetero) is 1. The van der Waals surface area contributed by atoms with Crippen LogP contribution in [0.5, 0.6) is 0 Å². The molecule has 0 aliphatic rings. The molecule has 0 saturated heterocycles. The van der Waals surface area contributed by atoms with Crippen LogP contribution in [-0.4, -0.2) is 29.2 Å². The summed E-state index contributed by atoms with van der Waals surface area (Å²) < 4.78 is 4.52. The third-order valence-corrected chi connectivity index (χ3v) is 1.44. The molecular weight excluding hydrogens is 186 g/mol. The first-order valence-corrected chi connectivity index (χ1v) is 4.08. The van der Waals surface area contributed by atoms with E-state index >= 15 is 0 Å². The Morgan fingerprint density at radius 3 is 2.14 bits per heavy atom. The van der Waals surface area contributed by atoms with Crippen molar-refractivity contribution in [2.45, 2.75) is 20.8 Å². The summed E-state index contributed by atoms with van der Waals surface area (Å²) >= 11 is 0. The van der Waals surface area contributed by atoms with Gasteiger partial charge in [-0.2, -0.15) is 0 Å². The zero-order chi connectivity index (χ0) is 11.3. The summed E-state index contributed by atoms with van der Waals surface area (Å²) in [5.41, 5.74) is -0.914. The summed E-state index contributed by atoms with van der Waals surface area (Å²) in [6.45, 7) is 4.12. The van der Waals surface area contributed by atoms with Crippen molar-refractivity contribution < 1.29 is 19.4 Å². The average molecular weight is 199 g/mol. The van der Waals surface area contributed by atoms with Crippen LogP contribution < -0.4 is 0 Å². The summed E-state index contributed by atoms with van der Waals surface area (Å²) in [7, 11) is 0. The van der Waals surface area contributed by atoms with Crippen molar-refractivity contribution in [2.24, 2.45) is 0 Å². The fraction of sp³-hybridized carbons (Fsp3) is 0.444. The Kier molecular flexibility index (Phi) is 4.55. The maximum atomic E-state index is 11.0. The number of carbonyl (C=O) groups excluding carboxylic acids is 2. The SMILES string of the molecule is CCOC(=O)C(=N)C(C(C)=O)=C(C)O. The number of aliphatic hydroxyl groups excluding tert-OH is 1. The molecule has 5 heteroatoms. The summed E-state index contributed by atoms with van der Waals surface area (Å²) in [6, 6.07) is 0. The Balaban J connectivity index is 4.91. The van der Waals surface area contributed by atoms with Gasteiger partial charge in [0.2, 0.25) is 0 Å². The van der Waals surface area contributed by atoms with Crippen LogP contribution in [0.25, 0.3) is 0 Å². The lowest BCUT2D eigenvalue weighted by Gasteiger charge is -2.05. The highest BCUT2D eigenvalue weighted by Gasteiger charge is 2.21. The standard InChI is InChI=1S/C9H13NO4/c1-4-14-9(13)8(10)7(5(2)11)6(3)12/h10-11H,4H2,1-3H3. The third kappa shape index (κ3) is 3.01. The van der Waals surface area contributed by atoms with Gasteiger partial charge in [-0.3, -0.25) is 10.2 Å². The Morgan fingerprint density at radius 2 is 1.86 bits per heavy atom. The van der Waals surface area contributed by atoms with Gasteiger partial charge >= 0.3 is 5.97 Å². The van der Waals surface area contributed by atoms with Gasteiger partial charge in [-0.05, 0) is 20.8 Å². The Hall–Kier alpha value is -1.65. The van der Waals surface area contributed by atoms with Gasteiger partial charge in [-0.25, -0.2) is 4.79 Å². The average Bonchev–Trinajstić information content (AvgIpc) is 2.03. The fourth-order valence-corrected chi connectivity index (χ4v) is 0.917. The Morgan fingerprint density at radius 1 is 1.36 bits per heavy atom. The largest absolute Gasteiger partial charge is 0.512 e. The smallest absolute Gasteiger partial charge is 0.357 e. The van der Waals surface area contributed by atoms with Crippen molar-refractivity contribution in [1.29, 1.82) is 5.41 Å². The second-order valence-electron chi connectivity index (χ2n) is 2.61. The highest BCUT2D eigenvalue weighted by molar-refractivity contribution is 6.48. The first-order valence-electron chi connectivity index (χ1n) is 4.08. The fourth-order valence-electron chi connectivity index (χ4n) is 0.917. The van der Waals surface area contributed by atoms with E-state index in [1.165, 1.54) is 13.8 Å². The summed E-state index contributed by atoms with van der Waals surface area (Å²) in [4.78, 5) is 22.0. The Bertz CT molecular complexity index is 300. The van der Waals surface area contributed by atoms with E-state index in [2.05, 4.69) is 4.74 Å². The van der Waals surface area contributed by atoms with Crippen LogP contribution in [0.2, 0.25) is 0 Å². The van der Waals surface area contributed by atoms with Crippen molar-refractivity contribution >= 4 is 17.5 Å². The molecule has 0 bridgehead atoms. The quantitative estimate of drug-likeness (QED) is 0.306. The second kappa shape index (κ2) is 5.16. The highest BCUT2D eigenvalue weighted by Crippen LogP contribution is 2.05. The minimum Gasteiger partial charge on any atom is -0.512 e. The van der Waals surface area contributed by atoms with Crippen molar-refractivity contribution in [2.75, 3.05) is 6.61 Å². The Labute approximate surface area is 81.9 Å². The van der Waals surface area contributed by atoms with Crippen LogP contribution in [0.3, 0.4) is 0 Å². The van der Waals surface area contributed by atoms with Gasteiger partial charge in [0.05, 0.1) is 12.2 Å². The van der Waals surface area contributed by atoms with E-state index in [1.54, 1.807) is 6.92 Å². The van der Waals surface area contributed by atoms with Gasteiger partial charge < -0.3 is 9.84 Å². The predicted octanol–water partition coefficient (Wildman–Crippen LogP) is 0.990. The normalized spacial score (nSPS) is 11.6. The summed E-state index contributed by atoms with van der Waals surface area (Å²) in [6.07, 6.45) is 0. The molecule has 5 nitrogen and oxygen atoms in total. The van der Waals surface area contributed by atoms with Crippen molar-refractivity contribution in [3.05, 3.63) is 11.3 Å². The van der Waals surface area contributed by atoms with Crippen LogP contribution in [0.1, 0.15) is 20.8 Å². The number of esters is 1. The van der Waals surface area contributed by atoms with Crippen molar-refractivity contribution in [3.8, 4) is 0 Å². The molecule has 0 saturated carbocycles. The molecule has 2 N–H and O–H groups in total. The van der Waals surface area contributed by atoms with Gasteiger partial charge in [-0.1, -0.05) is 0 Å². The number of nitrogens with one attached hydrogen (secondary N) is 1. The molecule has 14 heavy (non-hydrogen) atoms. The maximum absolute atomic E-state index is 11.0. The van der Waals surface area contributed by atoms with E-state index in [4.69, 9.17) is 10.5 Å². The van der Waals surface area contributed by atoms with E-state index in [0.717, 1.165) is 0 Å². The lowest BCUT2D eigenvalue weighted by Crippen LogP contribution is -2.23. The molecule has 0 aromatic rings. The summed E-state index contributed by atoms with van der Waals surface area (Å²) in [5.74, 6) is -1.80. The van der Waals surface area contributed by atoms with E-state index in [0.29, 0.717) is 0 Å². The van der Waals surface area contributed by atoms with Crippen LogP contribution in [-0.2, 0) is 14.3 Å². The first-order chi connectivity index (χ1) is 6.41. The van der Waals surface area contributed by atoms with Crippen molar-refractivity contribution in [3.63, 3.8) is 0 Å². The van der Waals surface area contributed by atoms with Crippen LogP contribution in [0.15, 0.2) is 11.3 Å². The topological polar surface area (TPSA) is 87.5 Å². The molecule has 0 radical (unpaired) electrons. The van der Waals surface area contributed by atoms with Crippen LogP contribution in [0.4, 0.5) is 0 Å². The molecule has 0 amide bonds. The lowest BCUT2D eigenvalue weighted by molar-refractivity contribution is -0.135. The molecule has 0 aromatic heterocycles. The molecule has 0 atom stereocenters. The molecule has 0 aliphatic carbocycles. The van der Waals surface area contributed by atoms with E-state index < -0.39 is 17.5 Å². The number of carbonyl (C=O) groups is 2. The minimum atomic E-state index is -0.911. The molecule has 0 heterocycles. The molecule has 78 valence electrons. The lowest BCUT2D eigenvalue weighted by atomic mass is 10.1. The number of allylic oxidation sites excluding steroid dienone is 1. The van der Waals surface area contributed by atoms with Gasteiger partial charge in [0.25, 0.3) is 0 Å². The number of rotatable bonds is 4. The van der Waals surface area contributed by atoms with Crippen LogP contribution >= 0.6 is 0 Å². The molecule has 0 rings (SSSR count). The van der Waals surface area contributed by atoms with Gasteiger partial charge in [0.15, 0.2) is 11.5 Å². The molecule has 0 unspecified atom stereocenters. The van der Waals surface area contributed by atoms with E-state index in [9.17, 15) is 9.59 Å². The van der Waals surface area contributed by atoms with Gasteiger partial charge in [0.1, 0.15) is 5.76 Å². The zero-order valence-corrected chi connectivity index (χ0v) is 8.38. The number of hydrogen-bond acceptors (Lipinski definition) is 5.